The molecular formula is C28H36N3O3+. The molecule has 2 bridgehead atoms. The Kier molecular flexibility index (Phi) is 6.77. The van der Waals surface area contributed by atoms with E-state index < -0.39 is 5.41 Å². The first-order valence-corrected chi connectivity index (χ1v) is 13.0. The minimum Gasteiger partial charge on any atom is -0.455 e. The topological polar surface area (TPSA) is 69.2 Å². The zero-order valence-electron chi connectivity index (χ0n) is 20.0. The molecule has 0 spiro atoms. The van der Waals surface area contributed by atoms with Gasteiger partial charge in [-0.15, -0.1) is 0 Å². The van der Waals surface area contributed by atoms with Gasteiger partial charge in [0.15, 0.2) is 11.9 Å². The average molecular weight is 463 g/mol. The van der Waals surface area contributed by atoms with E-state index >= 15 is 0 Å². The third-order valence-electron chi connectivity index (χ3n) is 8.49. The first-order chi connectivity index (χ1) is 16.6. The molecule has 2 aromatic rings. The second-order valence-corrected chi connectivity index (χ2v) is 10.7. The van der Waals surface area contributed by atoms with Crippen LogP contribution in [0.4, 0.5) is 0 Å². The molecule has 6 rings (SSSR count). The van der Waals surface area contributed by atoms with Crippen molar-refractivity contribution in [3.8, 4) is 0 Å². The quantitative estimate of drug-likeness (QED) is 0.353. The van der Waals surface area contributed by atoms with Crippen molar-refractivity contribution >= 4 is 11.8 Å². The van der Waals surface area contributed by atoms with Crippen LogP contribution in [0.15, 0.2) is 48.7 Å². The molecule has 3 saturated heterocycles. The SMILES string of the molecule is O=C(Cc1cccnn1)C[N+]12CCC(CC1)[C@@H](OC(=O)C1(c3ccccc3)CCCCCC1)C2. The molecule has 180 valence electrons. The van der Waals surface area contributed by atoms with E-state index in [1.807, 2.05) is 30.3 Å². The van der Waals surface area contributed by atoms with E-state index in [4.69, 9.17) is 4.74 Å². The van der Waals surface area contributed by atoms with Crippen LogP contribution in [0.3, 0.4) is 0 Å². The Morgan fingerprint density at radius 2 is 1.71 bits per heavy atom. The van der Waals surface area contributed by atoms with Gasteiger partial charge in [-0.05, 0) is 30.5 Å². The fourth-order valence-corrected chi connectivity index (χ4v) is 6.59. The summed E-state index contributed by atoms with van der Waals surface area (Å²) in [6.45, 7) is 3.23. The van der Waals surface area contributed by atoms with Crippen molar-refractivity contribution in [1.82, 2.24) is 10.2 Å². The molecule has 1 saturated carbocycles. The van der Waals surface area contributed by atoms with Crippen molar-refractivity contribution in [2.75, 3.05) is 26.2 Å². The highest BCUT2D eigenvalue weighted by Crippen LogP contribution is 2.42. The Balaban J connectivity index is 1.30. The molecule has 1 atom stereocenters. The van der Waals surface area contributed by atoms with Crippen molar-refractivity contribution < 1.29 is 18.8 Å². The number of fused-ring (bicyclic) bond motifs is 3. The van der Waals surface area contributed by atoms with Crippen LogP contribution in [0.1, 0.15) is 62.6 Å². The molecule has 0 amide bonds. The van der Waals surface area contributed by atoms with Crippen LogP contribution in [0.25, 0.3) is 0 Å². The van der Waals surface area contributed by atoms with Crippen LogP contribution < -0.4 is 0 Å². The number of nitrogens with zero attached hydrogens (tertiary/aromatic N) is 3. The Morgan fingerprint density at radius 1 is 0.971 bits per heavy atom. The lowest BCUT2D eigenvalue weighted by atomic mass is 9.74. The minimum absolute atomic E-state index is 0.0385. The minimum atomic E-state index is -0.531. The lowest BCUT2D eigenvalue weighted by Crippen LogP contribution is -2.66. The van der Waals surface area contributed by atoms with Gasteiger partial charge in [0, 0.05) is 25.0 Å². The normalized spacial score (nSPS) is 28.1. The van der Waals surface area contributed by atoms with Crippen molar-refractivity contribution in [2.45, 2.75) is 69.3 Å². The van der Waals surface area contributed by atoms with Crippen molar-refractivity contribution in [1.29, 1.82) is 0 Å². The Bertz CT molecular complexity index is 978. The fourth-order valence-electron chi connectivity index (χ4n) is 6.59. The molecule has 4 fully saturated rings. The molecule has 0 N–H and O–H groups in total. The Hall–Kier alpha value is -2.60. The van der Waals surface area contributed by atoms with E-state index in [1.54, 1.807) is 6.20 Å². The summed E-state index contributed by atoms with van der Waals surface area (Å²) < 4.78 is 7.16. The first-order valence-electron chi connectivity index (χ1n) is 13.0. The number of ether oxygens (including phenoxy) is 1. The summed E-state index contributed by atoms with van der Waals surface area (Å²) >= 11 is 0. The van der Waals surface area contributed by atoms with Gasteiger partial charge in [0.1, 0.15) is 13.1 Å². The molecular weight excluding hydrogens is 426 g/mol. The van der Waals surface area contributed by atoms with Crippen molar-refractivity contribution in [3.05, 3.63) is 59.9 Å². The standard InChI is InChI=1S/C28H36N3O3/c32-25(19-24-11-8-16-29-30-24)20-31-17-12-22(13-18-31)26(21-31)34-27(33)28(14-6-1-2-7-15-28)23-9-4-3-5-10-23/h3-5,8-11,16,22,26H,1-2,6-7,12-15,17-21H2/q+1/t22?,26-,31?/m0/s1. The summed E-state index contributed by atoms with van der Waals surface area (Å²) in [4.78, 5) is 26.8. The molecule has 0 unspecified atom stereocenters. The number of carbonyl (C=O) groups is 2. The average Bonchev–Trinajstić information content (AvgIpc) is 3.13. The van der Waals surface area contributed by atoms with Gasteiger partial charge in [-0.25, -0.2) is 0 Å². The van der Waals surface area contributed by atoms with Gasteiger partial charge in [-0.3, -0.25) is 9.59 Å². The predicted octanol–water partition coefficient (Wildman–Crippen LogP) is 4.03. The number of rotatable bonds is 7. The predicted molar refractivity (Wildman–Crippen MR) is 129 cm³/mol. The summed E-state index contributed by atoms with van der Waals surface area (Å²) in [5.41, 5.74) is 1.29. The van der Waals surface area contributed by atoms with Crippen LogP contribution in [0.2, 0.25) is 0 Å². The lowest BCUT2D eigenvalue weighted by Gasteiger charge is -2.52. The summed E-state index contributed by atoms with van der Waals surface area (Å²) in [5.74, 6) is 0.566. The Labute approximate surface area is 202 Å². The number of piperidine rings is 3. The molecule has 1 aromatic carbocycles. The van der Waals surface area contributed by atoms with Gasteiger partial charge in [-0.1, -0.05) is 56.0 Å². The van der Waals surface area contributed by atoms with Gasteiger partial charge in [-0.2, -0.15) is 10.2 Å². The molecule has 1 aliphatic carbocycles. The number of quaternary nitrogens is 1. The summed E-state index contributed by atoms with van der Waals surface area (Å²) in [6, 6.07) is 14.0. The van der Waals surface area contributed by atoms with E-state index in [1.165, 1.54) is 12.8 Å². The van der Waals surface area contributed by atoms with Crippen LogP contribution in [-0.4, -0.2) is 58.7 Å². The number of Topliss-reactive ketones (excluding diaryl/α,β-unsaturated/α-hetero) is 1. The number of carbonyl (C=O) groups excluding carboxylic acids is 2. The van der Waals surface area contributed by atoms with Crippen molar-refractivity contribution in [3.63, 3.8) is 0 Å². The zero-order chi connectivity index (χ0) is 23.4. The third-order valence-corrected chi connectivity index (χ3v) is 8.49. The molecule has 0 radical (unpaired) electrons. The number of esters is 1. The molecule has 34 heavy (non-hydrogen) atoms. The molecule has 3 aliphatic heterocycles. The van der Waals surface area contributed by atoms with Gasteiger partial charge >= 0.3 is 5.97 Å². The Morgan fingerprint density at radius 3 is 2.38 bits per heavy atom. The van der Waals surface area contributed by atoms with Gasteiger partial charge in [0.05, 0.1) is 30.6 Å². The molecule has 4 heterocycles. The van der Waals surface area contributed by atoms with Crippen molar-refractivity contribution in [2.24, 2.45) is 5.92 Å². The second kappa shape index (κ2) is 9.95. The second-order valence-electron chi connectivity index (χ2n) is 10.7. The lowest BCUT2D eigenvalue weighted by molar-refractivity contribution is -0.939. The van der Waals surface area contributed by atoms with Crippen LogP contribution in [-0.2, 0) is 26.2 Å². The van der Waals surface area contributed by atoms with E-state index in [9.17, 15) is 9.59 Å². The van der Waals surface area contributed by atoms with Crippen LogP contribution in [0.5, 0.6) is 0 Å². The van der Waals surface area contributed by atoms with E-state index in [2.05, 4.69) is 22.3 Å². The first kappa shape index (κ1) is 23.2. The summed E-state index contributed by atoms with van der Waals surface area (Å²) in [7, 11) is 0. The van der Waals surface area contributed by atoms with Crippen LogP contribution in [0, 0.1) is 5.92 Å². The van der Waals surface area contributed by atoms with E-state index in [0.29, 0.717) is 18.9 Å². The van der Waals surface area contributed by atoms with Gasteiger partial charge in [0.25, 0.3) is 0 Å². The monoisotopic (exact) mass is 462 g/mol. The molecule has 6 nitrogen and oxygen atoms in total. The number of aromatic nitrogens is 2. The van der Waals surface area contributed by atoms with E-state index in [0.717, 1.165) is 73.9 Å². The largest absolute Gasteiger partial charge is 0.455 e. The maximum absolute atomic E-state index is 13.9. The van der Waals surface area contributed by atoms with Gasteiger partial charge in [0.2, 0.25) is 0 Å². The molecule has 6 heteroatoms. The van der Waals surface area contributed by atoms with Gasteiger partial charge < -0.3 is 9.22 Å². The summed E-state index contributed by atoms with van der Waals surface area (Å²) in [5, 5.41) is 7.97. The maximum atomic E-state index is 13.9. The van der Waals surface area contributed by atoms with E-state index in [-0.39, 0.29) is 17.9 Å². The smallest absolute Gasteiger partial charge is 0.317 e. The third kappa shape index (κ3) is 4.78. The molecule has 4 aliphatic rings. The maximum Gasteiger partial charge on any atom is 0.317 e. The highest BCUT2D eigenvalue weighted by molar-refractivity contribution is 5.83. The summed E-state index contributed by atoms with van der Waals surface area (Å²) in [6.07, 6.45) is 10.1. The molecule has 1 aromatic heterocycles. The highest BCUT2D eigenvalue weighted by Gasteiger charge is 2.50. The highest BCUT2D eigenvalue weighted by atomic mass is 16.5. The fraction of sp³-hybridized carbons (Fsp3) is 0.571. The number of hydrogen-bond donors (Lipinski definition) is 0. The number of benzene rings is 1. The zero-order valence-corrected chi connectivity index (χ0v) is 20.0. The number of hydrogen-bond acceptors (Lipinski definition) is 5. The number of ketones is 1. The van der Waals surface area contributed by atoms with Crippen LogP contribution >= 0.6 is 0 Å².